The summed E-state index contributed by atoms with van der Waals surface area (Å²) in [7, 11) is 2.08. The molecule has 1 aliphatic heterocycles. The van der Waals surface area contributed by atoms with E-state index in [1.54, 1.807) is 12.1 Å². The Kier molecular flexibility index (Phi) is 6.87. The van der Waals surface area contributed by atoms with Crippen molar-refractivity contribution < 1.29 is 4.79 Å². The second kappa shape index (κ2) is 9.14. The number of amidine groups is 1. The molecule has 0 bridgehead atoms. The summed E-state index contributed by atoms with van der Waals surface area (Å²) in [5.74, 6) is 0.0346. The lowest BCUT2D eigenvalue weighted by Gasteiger charge is -2.23. The number of halogens is 1. The second-order valence-electron chi connectivity index (χ2n) is 7.32. The molecular weight excluding hydrogens is 366 g/mol. The first-order valence-electron chi connectivity index (χ1n) is 9.55. The summed E-state index contributed by atoms with van der Waals surface area (Å²) < 4.78 is 0. The average Bonchev–Trinajstić information content (AvgIpc) is 2.81. The summed E-state index contributed by atoms with van der Waals surface area (Å²) in [4.78, 5) is 19.7. The minimum atomic E-state index is 0.0346. The molecule has 2 aliphatic rings. The Balaban J connectivity index is 1.59. The zero-order valence-electron chi connectivity index (χ0n) is 15.6. The maximum absolute atomic E-state index is 12.5. The monoisotopic (exact) mass is 393 g/mol. The molecule has 4 nitrogen and oxygen atoms in total. The zero-order valence-corrected chi connectivity index (χ0v) is 17.2. The molecule has 0 spiro atoms. The fourth-order valence-corrected chi connectivity index (χ4v) is 5.09. The molecule has 1 saturated carbocycles. The third-order valence-electron chi connectivity index (χ3n) is 5.27. The van der Waals surface area contributed by atoms with Gasteiger partial charge in [-0.05, 0) is 37.1 Å². The van der Waals surface area contributed by atoms with E-state index in [-0.39, 0.29) is 11.9 Å². The predicted molar refractivity (Wildman–Crippen MR) is 112 cm³/mol. The minimum Gasteiger partial charge on any atom is -0.350 e. The number of amides is 1. The fraction of sp³-hybridized carbons (Fsp3) is 0.600. The molecule has 2 atom stereocenters. The summed E-state index contributed by atoms with van der Waals surface area (Å²) in [5, 5.41) is 5.10. The number of aliphatic imine (C=N–C) groups is 1. The molecule has 142 valence electrons. The molecule has 26 heavy (non-hydrogen) atoms. The van der Waals surface area contributed by atoms with Crippen LogP contribution in [0.25, 0.3) is 0 Å². The normalized spacial score (nSPS) is 26.1. The van der Waals surface area contributed by atoms with Crippen LogP contribution in [-0.2, 0) is 4.79 Å². The number of rotatable bonds is 4. The van der Waals surface area contributed by atoms with Gasteiger partial charge in [0.15, 0.2) is 5.17 Å². The van der Waals surface area contributed by atoms with E-state index in [9.17, 15) is 4.79 Å². The Bertz CT molecular complexity index is 641. The Morgan fingerprint density at radius 1 is 1.23 bits per heavy atom. The molecule has 2 fully saturated rings. The number of carbonyl (C=O) groups excluding carboxylic acids is 1. The lowest BCUT2D eigenvalue weighted by Crippen LogP contribution is -2.36. The molecule has 0 aromatic heterocycles. The van der Waals surface area contributed by atoms with Crippen molar-refractivity contribution in [3.63, 3.8) is 0 Å². The van der Waals surface area contributed by atoms with Gasteiger partial charge in [0, 0.05) is 29.4 Å². The first kappa shape index (κ1) is 19.6. The van der Waals surface area contributed by atoms with Crippen molar-refractivity contribution in [3.05, 3.63) is 29.3 Å². The van der Waals surface area contributed by atoms with Crippen LogP contribution in [0.15, 0.2) is 29.3 Å². The smallest absolute Gasteiger partial charge is 0.226 e. The van der Waals surface area contributed by atoms with E-state index in [0.717, 1.165) is 10.9 Å². The molecule has 1 N–H and O–H groups in total. The van der Waals surface area contributed by atoms with E-state index < -0.39 is 0 Å². The highest BCUT2D eigenvalue weighted by atomic mass is 35.5. The Morgan fingerprint density at radius 2 is 1.88 bits per heavy atom. The van der Waals surface area contributed by atoms with Gasteiger partial charge < -0.3 is 10.2 Å². The van der Waals surface area contributed by atoms with Gasteiger partial charge in [0.05, 0.1) is 12.1 Å². The molecular formula is C20H28ClN3OS. The summed E-state index contributed by atoms with van der Waals surface area (Å²) in [6.45, 7) is 2.19. The van der Waals surface area contributed by atoms with Crippen molar-refractivity contribution in [3.8, 4) is 0 Å². The molecule has 1 aromatic rings. The van der Waals surface area contributed by atoms with Crippen molar-refractivity contribution in [1.29, 1.82) is 0 Å². The topological polar surface area (TPSA) is 44.7 Å². The summed E-state index contributed by atoms with van der Waals surface area (Å²) in [5.41, 5.74) is 0.785. The molecule has 1 amide bonds. The lowest BCUT2D eigenvalue weighted by molar-refractivity contribution is -0.117. The highest BCUT2D eigenvalue weighted by Gasteiger charge is 2.35. The van der Waals surface area contributed by atoms with Crippen LogP contribution in [0.1, 0.15) is 51.9 Å². The van der Waals surface area contributed by atoms with E-state index >= 15 is 0 Å². The maximum Gasteiger partial charge on any atom is 0.226 e. The molecule has 3 rings (SSSR count). The standard InChI is InChI=1S/C20H28ClN3OS/c1-14-18(13-19(25)22-17-11-9-15(21)10-12-17)24(2)20(26-14)23-16-7-5-3-4-6-8-16/h9-12,14,16,18H,3-8,13H2,1-2H3,(H,22,25). The number of carbonyl (C=O) groups is 1. The first-order valence-corrected chi connectivity index (χ1v) is 10.8. The van der Waals surface area contributed by atoms with Crippen molar-refractivity contribution in [2.75, 3.05) is 12.4 Å². The van der Waals surface area contributed by atoms with Crippen molar-refractivity contribution in [2.45, 2.75) is 69.2 Å². The Morgan fingerprint density at radius 3 is 2.54 bits per heavy atom. The largest absolute Gasteiger partial charge is 0.350 e. The van der Waals surface area contributed by atoms with Crippen LogP contribution in [0.5, 0.6) is 0 Å². The van der Waals surface area contributed by atoms with Gasteiger partial charge in [-0.3, -0.25) is 9.79 Å². The van der Waals surface area contributed by atoms with Gasteiger partial charge in [0.25, 0.3) is 0 Å². The van der Waals surface area contributed by atoms with Gasteiger partial charge in [-0.15, -0.1) is 0 Å². The SMILES string of the molecule is CC1SC(=NC2CCCCCC2)N(C)C1CC(=O)Nc1ccc(Cl)cc1. The van der Waals surface area contributed by atoms with Crippen LogP contribution in [0.2, 0.25) is 5.02 Å². The van der Waals surface area contributed by atoms with Gasteiger partial charge in [-0.1, -0.05) is 56.0 Å². The summed E-state index contributed by atoms with van der Waals surface area (Å²) in [6.07, 6.45) is 8.14. The molecule has 1 aliphatic carbocycles. The van der Waals surface area contributed by atoms with E-state index in [4.69, 9.17) is 16.6 Å². The summed E-state index contributed by atoms with van der Waals surface area (Å²) in [6, 6.07) is 7.86. The number of nitrogens with one attached hydrogen (secondary N) is 1. The molecule has 6 heteroatoms. The van der Waals surface area contributed by atoms with Gasteiger partial charge in [0.2, 0.25) is 5.91 Å². The van der Waals surface area contributed by atoms with Crippen molar-refractivity contribution in [1.82, 2.24) is 4.90 Å². The second-order valence-corrected chi connectivity index (χ2v) is 9.10. The van der Waals surface area contributed by atoms with Crippen LogP contribution in [0.4, 0.5) is 5.69 Å². The third-order valence-corrected chi connectivity index (χ3v) is 6.81. The van der Waals surface area contributed by atoms with E-state index in [1.165, 1.54) is 38.5 Å². The molecule has 0 radical (unpaired) electrons. The highest BCUT2D eigenvalue weighted by Crippen LogP contribution is 2.33. The number of hydrogen-bond acceptors (Lipinski definition) is 3. The predicted octanol–water partition coefficient (Wildman–Crippen LogP) is 5.18. The number of thioether (sulfide) groups is 1. The average molecular weight is 394 g/mol. The van der Waals surface area contributed by atoms with Crippen LogP contribution in [0.3, 0.4) is 0 Å². The molecule has 2 unspecified atom stereocenters. The van der Waals surface area contributed by atoms with Crippen LogP contribution >= 0.6 is 23.4 Å². The van der Waals surface area contributed by atoms with Gasteiger partial charge in [-0.2, -0.15) is 0 Å². The molecule has 1 heterocycles. The number of benzene rings is 1. The fourth-order valence-electron chi connectivity index (χ4n) is 3.69. The van der Waals surface area contributed by atoms with Gasteiger partial charge >= 0.3 is 0 Å². The Labute approximate surface area is 165 Å². The van der Waals surface area contributed by atoms with E-state index in [1.807, 2.05) is 23.9 Å². The first-order chi connectivity index (χ1) is 12.5. The van der Waals surface area contributed by atoms with Crippen molar-refractivity contribution in [2.24, 2.45) is 4.99 Å². The Hall–Kier alpha value is -1.20. The zero-order chi connectivity index (χ0) is 18.5. The van der Waals surface area contributed by atoms with Crippen LogP contribution in [-0.4, -0.2) is 40.4 Å². The number of hydrogen-bond donors (Lipinski definition) is 1. The highest BCUT2D eigenvalue weighted by molar-refractivity contribution is 8.14. The molecule has 1 saturated heterocycles. The molecule has 1 aromatic carbocycles. The van der Waals surface area contributed by atoms with Gasteiger partial charge in [-0.25, -0.2) is 0 Å². The van der Waals surface area contributed by atoms with Crippen LogP contribution < -0.4 is 5.32 Å². The van der Waals surface area contributed by atoms with E-state index in [2.05, 4.69) is 24.2 Å². The van der Waals surface area contributed by atoms with Crippen molar-refractivity contribution >= 4 is 40.1 Å². The maximum atomic E-state index is 12.5. The van der Waals surface area contributed by atoms with E-state index in [0.29, 0.717) is 22.7 Å². The lowest BCUT2D eigenvalue weighted by atomic mass is 10.1. The number of anilines is 1. The van der Waals surface area contributed by atoms with Gasteiger partial charge in [0.1, 0.15) is 0 Å². The third kappa shape index (κ3) is 5.17. The summed E-state index contributed by atoms with van der Waals surface area (Å²) >= 11 is 7.71. The number of nitrogens with zero attached hydrogens (tertiary/aromatic N) is 2. The van der Waals surface area contributed by atoms with Crippen LogP contribution in [0, 0.1) is 0 Å². The quantitative estimate of drug-likeness (QED) is 0.716. The minimum absolute atomic E-state index is 0.0346.